The Morgan fingerprint density at radius 3 is 2.72 bits per heavy atom. The lowest BCUT2D eigenvalue weighted by Gasteiger charge is -2.16. The topological polar surface area (TPSA) is 113 Å². The number of hydrogen-bond acceptors (Lipinski definition) is 7. The van der Waals surface area contributed by atoms with E-state index >= 15 is 0 Å². The Kier molecular flexibility index (Phi) is 2.49. The van der Waals surface area contributed by atoms with Crippen molar-refractivity contribution in [1.29, 1.82) is 0 Å². The number of amides is 1. The molecule has 1 amide bonds. The maximum atomic E-state index is 12.0. The van der Waals surface area contributed by atoms with E-state index in [0.29, 0.717) is 0 Å². The summed E-state index contributed by atoms with van der Waals surface area (Å²) in [7, 11) is -3.81. The van der Waals surface area contributed by atoms with Crippen LogP contribution in [0.1, 0.15) is 0 Å². The van der Waals surface area contributed by atoms with Crippen molar-refractivity contribution in [1.82, 2.24) is 4.90 Å². The zero-order valence-electron chi connectivity index (χ0n) is 9.46. The van der Waals surface area contributed by atoms with Crippen molar-refractivity contribution in [2.24, 2.45) is 5.92 Å². The summed E-state index contributed by atoms with van der Waals surface area (Å²) in [5.74, 6) is -1.31. The van der Waals surface area contributed by atoms with Crippen LogP contribution < -0.4 is 0 Å². The van der Waals surface area contributed by atoms with Gasteiger partial charge in [-0.3, -0.25) is 8.98 Å². The van der Waals surface area contributed by atoms with Gasteiger partial charge in [0.05, 0.1) is 24.3 Å². The van der Waals surface area contributed by atoms with Gasteiger partial charge in [0.25, 0.3) is 16.0 Å². The van der Waals surface area contributed by atoms with Crippen LogP contribution in [0.4, 0.5) is 0 Å². The lowest BCUT2D eigenvalue weighted by molar-refractivity contribution is -0.147. The molecule has 0 aromatic rings. The molecule has 6 atom stereocenters. The fourth-order valence-corrected chi connectivity index (χ4v) is 3.62. The standard InChI is InChI=1S/C9H13NO7S/c1-18(14,15)17-7-4-5-6(16-9(4)13)3(11)2-10(5)8(7)12/h3-7,9,11,13H,2H2,1H3/t3-,4-,5-,6-,7-,9?/m1/s1. The van der Waals surface area contributed by atoms with Crippen molar-refractivity contribution >= 4 is 16.0 Å². The second-order valence-corrected chi connectivity index (χ2v) is 6.44. The van der Waals surface area contributed by atoms with E-state index in [4.69, 9.17) is 8.92 Å². The van der Waals surface area contributed by atoms with Crippen LogP contribution in [0.25, 0.3) is 0 Å². The van der Waals surface area contributed by atoms with Crippen molar-refractivity contribution in [2.45, 2.75) is 30.6 Å². The highest BCUT2D eigenvalue weighted by Gasteiger charge is 2.65. The fourth-order valence-electron chi connectivity index (χ4n) is 3.04. The van der Waals surface area contributed by atoms with E-state index < -0.39 is 52.6 Å². The third-order valence-corrected chi connectivity index (χ3v) is 4.19. The molecular formula is C9H13NO7S. The van der Waals surface area contributed by atoms with Gasteiger partial charge in [-0.2, -0.15) is 8.42 Å². The minimum Gasteiger partial charge on any atom is -0.388 e. The molecule has 9 heteroatoms. The largest absolute Gasteiger partial charge is 0.388 e. The monoisotopic (exact) mass is 279 g/mol. The van der Waals surface area contributed by atoms with E-state index in [1.165, 1.54) is 4.90 Å². The number of ether oxygens (including phenoxy) is 1. The zero-order chi connectivity index (χ0) is 13.2. The van der Waals surface area contributed by atoms with Crippen LogP contribution >= 0.6 is 0 Å². The first-order valence-electron chi connectivity index (χ1n) is 5.50. The second kappa shape index (κ2) is 3.64. The maximum absolute atomic E-state index is 12.0. The van der Waals surface area contributed by atoms with Gasteiger partial charge in [-0.25, -0.2) is 0 Å². The molecule has 3 aliphatic rings. The van der Waals surface area contributed by atoms with Gasteiger partial charge in [0.1, 0.15) is 6.10 Å². The fraction of sp³-hybridized carbons (Fsp3) is 0.889. The molecule has 0 aromatic heterocycles. The molecule has 0 aromatic carbocycles. The Bertz CT molecular complexity index is 491. The molecule has 3 fully saturated rings. The molecule has 3 aliphatic heterocycles. The molecule has 2 N–H and O–H groups in total. The van der Waals surface area contributed by atoms with Crippen LogP contribution in [0, 0.1) is 5.92 Å². The summed E-state index contributed by atoms with van der Waals surface area (Å²) in [4.78, 5) is 13.3. The second-order valence-electron chi connectivity index (χ2n) is 4.84. The number of aliphatic hydroxyl groups is 2. The van der Waals surface area contributed by atoms with E-state index in [1.807, 2.05) is 0 Å². The molecule has 3 rings (SSSR count). The van der Waals surface area contributed by atoms with E-state index in [9.17, 15) is 23.4 Å². The Hall–Kier alpha value is -0.740. The van der Waals surface area contributed by atoms with Crippen LogP contribution in [0.3, 0.4) is 0 Å². The quantitative estimate of drug-likeness (QED) is 0.527. The number of aliphatic hydroxyl groups excluding tert-OH is 2. The van der Waals surface area contributed by atoms with E-state index in [-0.39, 0.29) is 6.54 Å². The molecule has 18 heavy (non-hydrogen) atoms. The predicted molar refractivity (Wildman–Crippen MR) is 55.6 cm³/mol. The number of hydrogen-bond donors (Lipinski definition) is 2. The van der Waals surface area contributed by atoms with Crippen LogP contribution in [0.2, 0.25) is 0 Å². The van der Waals surface area contributed by atoms with Crippen molar-refractivity contribution in [3.63, 3.8) is 0 Å². The summed E-state index contributed by atoms with van der Waals surface area (Å²) in [5.41, 5.74) is 0. The van der Waals surface area contributed by atoms with E-state index in [0.717, 1.165) is 6.26 Å². The van der Waals surface area contributed by atoms with Crippen LogP contribution in [-0.4, -0.2) is 72.9 Å². The smallest absolute Gasteiger partial charge is 0.265 e. The Labute approximate surface area is 103 Å². The lowest BCUT2D eigenvalue weighted by Crippen LogP contribution is -2.36. The molecule has 0 aliphatic carbocycles. The third kappa shape index (κ3) is 1.58. The molecule has 0 spiro atoms. The molecule has 0 bridgehead atoms. The highest BCUT2D eigenvalue weighted by Crippen LogP contribution is 2.45. The Morgan fingerprint density at radius 1 is 1.44 bits per heavy atom. The predicted octanol–water partition coefficient (Wildman–Crippen LogP) is -2.75. The molecule has 102 valence electrons. The summed E-state index contributed by atoms with van der Waals surface area (Å²) < 4.78 is 32.2. The van der Waals surface area contributed by atoms with E-state index in [1.54, 1.807) is 0 Å². The first-order chi connectivity index (χ1) is 8.29. The van der Waals surface area contributed by atoms with Gasteiger partial charge in [-0.05, 0) is 0 Å². The first-order valence-corrected chi connectivity index (χ1v) is 7.31. The molecule has 1 unspecified atom stereocenters. The normalized spacial score (nSPS) is 46.8. The van der Waals surface area contributed by atoms with Gasteiger partial charge in [0.15, 0.2) is 12.4 Å². The van der Waals surface area contributed by atoms with Crippen LogP contribution in [0.15, 0.2) is 0 Å². The maximum Gasteiger partial charge on any atom is 0.265 e. The molecule has 8 nitrogen and oxygen atoms in total. The minimum atomic E-state index is -3.81. The van der Waals surface area contributed by atoms with Crippen molar-refractivity contribution in [2.75, 3.05) is 12.8 Å². The molecule has 3 saturated heterocycles. The number of nitrogens with zero attached hydrogens (tertiary/aromatic N) is 1. The van der Waals surface area contributed by atoms with Crippen LogP contribution in [-0.2, 0) is 23.8 Å². The highest BCUT2D eigenvalue weighted by atomic mass is 32.2. The lowest BCUT2D eigenvalue weighted by atomic mass is 9.96. The number of rotatable bonds is 2. The van der Waals surface area contributed by atoms with Crippen LogP contribution in [0.5, 0.6) is 0 Å². The molecule has 3 heterocycles. The van der Waals surface area contributed by atoms with Crippen molar-refractivity contribution < 1.29 is 32.3 Å². The zero-order valence-corrected chi connectivity index (χ0v) is 10.3. The SMILES string of the molecule is CS(=O)(=O)O[C@H]1C(=O)N2C[C@@H](O)[C@H]3OC(O)[C@@H]1[C@H]32. The Balaban J connectivity index is 1.94. The summed E-state index contributed by atoms with van der Waals surface area (Å²) in [6.07, 6.45) is -3.27. The molecule has 0 radical (unpaired) electrons. The summed E-state index contributed by atoms with van der Waals surface area (Å²) in [5, 5.41) is 19.4. The summed E-state index contributed by atoms with van der Waals surface area (Å²) in [6.45, 7) is 0.0704. The first kappa shape index (κ1) is 12.3. The Morgan fingerprint density at radius 2 is 2.11 bits per heavy atom. The van der Waals surface area contributed by atoms with Crippen molar-refractivity contribution in [3.8, 4) is 0 Å². The van der Waals surface area contributed by atoms with Crippen molar-refractivity contribution in [3.05, 3.63) is 0 Å². The van der Waals surface area contributed by atoms with Gasteiger partial charge in [0.2, 0.25) is 0 Å². The minimum absolute atomic E-state index is 0.0704. The third-order valence-electron chi connectivity index (χ3n) is 3.63. The molecular weight excluding hydrogens is 266 g/mol. The van der Waals surface area contributed by atoms with Gasteiger partial charge in [0, 0.05) is 6.54 Å². The van der Waals surface area contributed by atoms with Gasteiger partial charge in [-0.15, -0.1) is 0 Å². The number of carbonyl (C=O) groups excluding carboxylic acids is 1. The molecule has 0 saturated carbocycles. The average Bonchev–Trinajstić information content (AvgIpc) is 2.79. The summed E-state index contributed by atoms with van der Waals surface area (Å²) in [6, 6.07) is -0.519. The van der Waals surface area contributed by atoms with Gasteiger partial charge in [-0.1, -0.05) is 0 Å². The summed E-state index contributed by atoms with van der Waals surface area (Å²) >= 11 is 0. The number of carbonyl (C=O) groups is 1. The average molecular weight is 279 g/mol. The van der Waals surface area contributed by atoms with Gasteiger partial charge < -0.3 is 19.8 Å². The van der Waals surface area contributed by atoms with E-state index in [2.05, 4.69) is 0 Å². The highest BCUT2D eigenvalue weighted by molar-refractivity contribution is 7.86. The van der Waals surface area contributed by atoms with Gasteiger partial charge >= 0.3 is 0 Å².